The maximum Gasteiger partial charge on any atom is 0.255 e. The number of hydrogen-bond acceptors (Lipinski definition) is 3. The summed E-state index contributed by atoms with van der Waals surface area (Å²) in [5.41, 5.74) is 1.34. The van der Waals surface area contributed by atoms with Crippen molar-refractivity contribution in [2.75, 3.05) is 6.54 Å². The zero-order chi connectivity index (χ0) is 12.5. The number of rotatable bonds is 3. The number of amides is 1. The Morgan fingerprint density at radius 2 is 2.12 bits per heavy atom. The molecule has 1 amide bonds. The van der Waals surface area contributed by atoms with Gasteiger partial charge in [0.25, 0.3) is 5.91 Å². The molecule has 0 atom stereocenters. The Hall–Kier alpha value is -1.36. The number of H-pyrrole nitrogens is 1. The van der Waals surface area contributed by atoms with Crippen LogP contribution in [0.4, 0.5) is 0 Å². The largest absolute Gasteiger partial charge is 0.388 e. The van der Waals surface area contributed by atoms with E-state index in [0.29, 0.717) is 17.8 Å². The van der Waals surface area contributed by atoms with E-state index in [1.807, 2.05) is 6.92 Å². The van der Waals surface area contributed by atoms with E-state index in [-0.39, 0.29) is 5.91 Å². The molecular weight excluding hydrogens is 218 g/mol. The molecule has 94 valence electrons. The van der Waals surface area contributed by atoms with Gasteiger partial charge in [-0.15, -0.1) is 0 Å². The summed E-state index contributed by atoms with van der Waals surface area (Å²) in [6, 6.07) is 0. The minimum Gasteiger partial charge on any atom is -0.388 e. The summed E-state index contributed by atoms with van der Waals surface area (Å²) >= 11 is 0. The van der Waals surface area contributed by atoms with Gasteiger partial charge in [-0.05, 0) is 26.7 Å². The van der Waals surface area contributed by atoms with E-state index in [1.54, 1.807) is 6.92 Å². The van der Waals surface area contributed by atoms with Crippen molar-refractivity contribution < 1.29 is 9.90 Å². The minimum atomic E-state index is -0.707. The van der Waals surface area contributed by atoms with Gasteiger partial charge in [0.15, 0.2) is 0 Å². The van der Waals surface area contributed by atoms with E-state index in [9.17, 15) is 9.90 Å². The molecule has 17 heavy (non-hydrogen) atoms. The Bertz CT molecular complexity index is 400. The Kier molecular flexibility index (Phi) is 3.19. The van der Waals surface area contributed by atoms with Crippen LogP contribution in [0, 0.1) is 13.8 Å². The highest BCUT2D eigenvalue weighted by Gasteiger charge is 2.31. The van der Waals surface area contributed by atoms with Gasteiger partial charge in [0, 0.05) is 12.2 Å². The van der Waals surface area contributed by atoms with Crippen LogP contribution >= 0.6 is 0 Å². The van der Waals surface area contributed by atoms with Crippen molar-refractivity contribution in [3.8, 4) is 0 Å². The lowest BCUT2D eigenvalue weighted by molar-refractivity contribution is 0.0449. The van der Waals surface area contributed by atoms with Gasteiger partial charge >= 0.3 is 0 Å². The van der Waals surface area contributed by atoms with E-state index >= 15 is 0 Å². The number of aromatic nitrogens is 2. The van der Waals surface area contributed by atoms with E-state index in [1.165, 1.54) is 0 Å². The fraction of sp³-hybridized carbons (Fsp3) is 0.667. The summed E-state index contributed by atoms with van der Waals surface area (Å²) in [5.74, 6) is -0.158. The van der Waals surface area contributed by atoms with Crippen LogP contribution in [0.2, 0.25) is 0 Å². The number of aromatic amines is 1. The van der Waals surface area contributed by atoms with Gasteiger partial charge in [-0.2, -0.15) is 5.10 Å². The highest BCUT2D eigenvalue weighted by atomic mass is 16.3. The number of aryl methyl sites for hydroxylation is 2. The van der Waals surface area contributed by atoms with E-state index in [4.69, 9.17) is 0 Å². The first-order valence-electron chi connectivity index (χ1n) is 6.04. The van der Waals surface area contributed by atoms with Crippen LogP contribution in [0.15, 0.2) is 0 Å². The molecule has 1 saturated carbocycles. The number of carbonyl (C=O) groups is 1. The molecule has 0 saturated heterocycles. The first kappa shape index (κ1) is 12.1. The maximum absolute atomic E-state index is 12.0. The van der Waals surface area contributed by atoms with Crippen LogP contribution in [0.1, 0.15) is 47.4 Å². The zero-order valence-corrected chi connectivity index (χ0v) is 10.3. The highest BCUT2D eigenvalue weighted by Crippen LogP contribution is 2.28. The predicted molar refractivity (Wildman–Crippen MR) is 63.8 cm³/mol. The van der Waals surface area contributed by atoms with Crippen molar-refractivity contribution in [1.29, 1.82) is 0 Å². The second-order valence-electron chi connectivity index (χ2n) is 4.92. The van der Waals surface area contributed by atoms with Gasteiger partial charge in [-0.1, -0.05) is 12.8 Å². The van der Waals surface area contributed by atoms with E-state index in [2.05, 4.69) is 15.5 Å². The first-order chi connectivity index (χ1) is 8.02. The standard InChI is InChI=1S/C12H19N3O2/c1-8-10(9(2)15-14-8)11(16)13-7-12(17)5-3-4-6-12/h17H,3-7H2,1-2H3,(H,13,16)(H,14,15). The smallest absolute Gasteiger partial charge is 0.255 e. The van der Waals surface area contributed by atoms with Crippen LogP contribution < -0.4 is 5.32 Å². The molecule has 0 bridgehead atoms. The third-order valence-electron chi connectivity index (χ3n) is 3.47. The van der Waals surface area contributed by atoms with Gasteiger partial charge in [0.05, 0.1) is 16.9 Å². The van der Waals surface area contributed by atoms with Crippen LogP contribution in [-0.2, 0) is 0 Å². The van der Waals surface area contributed by atoms with E-state index in [0.717, 1.165) is 31.4 Å². The lowest BCUT2D eigenvalue weighted by atomic mass is 10.0. The Labute approximate surface area is 101 Å². The van der Waals surface area contributed by atoms with Crippen molar-refractivity contribution >= 4 is 5.91 Å². The molecule has 1 aliphatic carbocycles. The molecule has 0 aliphatic heterocycles. The SMILES string of the molecule is Cc1n[nH]c(C)c1C(=O)NCC1(O)CCCC1. The van der Waals surface area contributed by atoms with Crippen LogP contribution in [0.5, 0.6) is 0 Å². The number of aliphatic hydroxyl groups is 1. The third-order valence-corrected chi connectivity index (χ3v) is 3.47. The quantitative estimate of drug-likeness (QED) is 0.735. The monoisotopic (exact) mass is 237 g/mol. The van der Waals surface area contributed by atoms with Crippen molar-refractivity contribution in [3.63, 3.8) is 0 Å². The summed E-state index contributed by atoms with van der Waals surface area (Å²) in [5, 5.41) is 19.7. The second-order valence-corrected chi connectivity index (χ2v) is 4.92. The van der Waals surface area contributed by atoms with Crippen molar-refractivity contribution in [2.24, 2.45) is 0 Å². The summed E-state index contributed by atoms with van der Waals surface area (Å²) in [4.78, 5) is 12.0. The molecule has 2 rings (SSSR count). The first-order valence-corrected chi connectivity index (χ1v) is 6.04. The fourth-order valence-electron chi connectivity index (χ4n) is 2.43. The molecule has 0 spiro atoms. The molecule has 0 unspecified atom stereocenters. The Balaban J connectivity index is 1.98. The molecular formula is C12H19N3O2. The zero-order valence-electron chi connectivity index (χ0n) is 10.3. The maximum atomic E-state index is 12.0. The number of carbonyl (C=O) groups excluding carboxylic acids is 1. The van der Waals surface area contributed by atoms with Crippen LogP contribution in [0.3, 0.4) is 0 Å². The lowest BCUT2D eigenvalue weighted by Crippen LogP contribution is -2.41. The number of nitrogens with one attached hydrogen (secondary N) is 2. The van der Waals surface area contributed by atoms with Crippen molar-refractivity contribution in [3.05, 3.63) is 17.0 Å². The summed E-state index contributed by atoms with van der Waals surface area (Å²) in [7, 11) is 0. The molecule has 0 aromatic carbocycles. The van der Waals surface area contributed by atoms with Gasteiger partial charge < -0.3 is 10.4 Å². The molecule has 5 nitrogen and oxygen atoms in total. The normalized spacial score (nSPS) is 18.3. The minimum absolute atomic E-state index is 0.158. The van der Waals surface area contributed by atoms with Gasteiger partial charge in [-0.25, -0.2) is 0 Å². The summed E-state index contributed by atoms with van der Waals surface area (Å²) in [6.07, 6.45) is 3.62. The summed E-state index contributed by atoms with van der Waals surface area (Å²) < 4.78 is 0. The van der Waals surface area contributed by atoms with Crippen LogP contribution in [0.25, 0.3) is 0 Å². The average molecular weight is 237 g/mol. The number of nitrogens with zero attached hydrogens (tertiary/aromatic N) is 1. The molecule has 1 aliphatic rings. The molecule has 1 heterocycles. The van der Waals surface area contributed by atoms with Gasteiger partial charge in [0.1, 0.15) is 0 Å². The van der Waals surface area contributed by atoms with Crippen molar-refractivity contribution in [2.45, 2.75) is 45.1 Å². The number of hydrogen-bond donors (Lipinski definition) is 3. The second kappa shape index (κ2) is 4.49. The Morgan fingerprint density at radius 1 is 1.47 bits per heavy atom. The summed E-state index contributed by atoms with van der Waals surface area (Å²) in [6.45, 7) is 3.94. The molecule has 3 N–H and O–H groups in total. The fourth-order valence-corrected chi connectivity index (χ4v) is 2.43. The topological polar surface area (TPSA) is 78.0 Å². The van der Waals surface area contributed by atoms with Gasteiger partial charge in [-0.3, -0.25) is 9.89 Å². The van der Waals surface area contributed by atoms with Gasteiger partial charge in [0.2, 0.25) is 0 Å². The average Bonchev–Trinajstić information content (AvgIpc) is 2.84. The third kappa shape index (κ3) is 2.49. The van der Waals surface area contributed by atoms with Crippen LogP contribution in [-0.4, -0.2) is 33.4 Å². The molecule has 1 aromatic heterocycles. The predicted octanol–water partition coefficient (Wildman–Crippen LogP) is 1.06. The lowest BCUT2D eigenvalue weighted by Gasteiger charge is -2.22. The molecule has 0 radical (unpaired) electrons. The van der Waals surface area contributed by atoms with Crippen molar-refractivity contribution in [1.82, 2.24) is 15.5 Å². The molecule has 5 heteroatoms. The Morgan fingerprint density at radius 3 is 2.65 bits per heavy atom. The highest BCUT2D eigenvalue weighted by molar-refractivity contribution is 5.96. The molecule has 1 aromatic rings. The van der Waals surface area contributed by atoms with E-state index < -0.39 is 5.60 Å². The molecule has 1 fully saturated rings.